The van der Waals surface area contributed by atoms with Gasteiger partial charge in [0, 0.05) is 25.5 Å². The van der Waals surface area contributed by atoms with Crippen LogP contribution in [0.25, 0.3) is 0 Å². The Kier molecular flexibility index (Phi) is 3.90. The second-order valence-corrected chi connectivity index (χ2v) is 5.29. The van der Waals surface area contributed by atoms with Crippen molar-refractivity contribution in [2.75, 3.05) is 13.7 Å². The van der Waals surface area contributed by atoms with Crippen molar-refractivity contribution in [3.8, 4) is 5.75 Å². The van der Waals surface area contributed by atoms with Crippen molar-refractivity contribution in [3.63, 3.8) is 0 Å². The van der Waals surface area contributed by atoms with Crippen molar-refractivity contribution >= 4 is 5.91 Å². The number of hydrogen-bond donors (Lipinski definition) is 0. The van der Waals surface area contributed by atoms with Gasteiger partial charge in [-0.1, -0.05) is 32.0 Å². The van der Waals surface area contributed by atoms with Gasteiger partial charge in [-0.25, -0.2) is 0 Å². The lowest BCUT2D eigenvalue weighted by atomic mass is 9.98. The van der Waals surface area contributed by atoms with Crippen LogP contribution in [0.3, 0.4) is 0 Å². The molecular formula is C15H21NO2. The highest BCUT2D eigenvalue weighted by Gasteiger charge is 2.27. The molecule has 0 saturated heterocycles. The van der Waals surface area contributed by atoms with E-state index in [0.29, 0.717) is 18.9 Å². The molecule has 1 atom stereocenters. The molecule has 1 aromatic rings. The first-order valence-corrected chi connectivity index (χ1v) is 6.57. The maximum Gasteiger partial charge on any atom is 0.223 e. The summed E-state index contributed by atoms with van der Waals surface area (Å²) in [5.41, 5.74) is 1.13. The number of para-hydroxylation sites is 1. The van der Waals surface area contributed by atoms with Crippen molar-refractivity contribution in [1.29, 1.82) is 0 Å². The summed E-state index contributed by atoms with van der Waals surface area (Å²) >= 11 is 0. The normalized spacial score (nSPS) is 18.1. The molecule has 0 spiro atoms. The molecule has 1 heterocycles. The summed E-state index contributed by atoms with van der Waals surface area (Å²) in [6.45, 7) is 4.83. The van der Waals surface area contributed by atoms with E-state index in [4.69, 9.17) is 4.74 Å². The molecule has 0 fully saturated rings. The molecule has 0 radical (unpaired) electrons. The lowest BCUT2D eigenvalue weighted by Crippen LogP contribution is -2.34. The summed E-state index contributed by atoms with van der Waals surface area (Å²) < 4.78 is 5.63. The van der Waals surface area contributed by atoms with E-state index in [-0.39, 0.29) is 11.9 Å². The number of fused-ring (bicyclic) bond motifs is 1. The van der Waals surface area contributed by atoms with Crippen LogP contribution < -0.4 is 4.74 Å². The summed E-state index contributed by atoms with van der Waals surface area (Å²) in [6.07, 6.45) is 1.48. The van der Waals surface area contributed by atoms with E-state index < -0.39 is 0 Å². The van der Waals surface area contributed by atoms with E-state index in [0.717, 1.165) is 17.7 Å². The number of amides is 1. The molecule has 1 aromatic carbocycles. The summed E-state index contributed by atoms with van der Waals surface area (Å²) in [5, 5.41) is 0. The van der Waals surface area contributed by atoms with Crippen LogP contribution in [-0.2, 0) is 4.79 Å². The third-order valence-electron chi connectivity index (χ3n) is 3.37. The zero-order chi connectivity index (χ0) is 13.1. The van der Waals surface area contributed by atoms with E-state index in [9.17, 15) is 4.79 Å². The Bertz CT molecular complexity index is 428. The van der Waals surface area contributed by atoms with Gasteiger partial charge in [0.25, 0.3) is 0 Å². The number of benzene rings is 1. The third-order valence-corrected chi connectivity index (χ3v) is 3.37. The van der Waals surface area contributed by atoms with Crippen LogP contribution in [-0.4, -0.2) is 24.5 Å². The predicted molar refractivity (Wildman–Crippen MR) is 71.5 cm³/mol. The minimum absolute atomic E-state index is 0.154. The van der Waals surface area contributed by atoms with Crippen molar-refractivity contribution < 1.29 is 9.53 Å². The first-order chi connectivity index (χ1) is 8.59. The summed E-state index contributed by atoms with van der Waals surface area (Å²) in [5.74, 6) is 1.53. The van der Waals surface area contributed by atoms with Gasteiger partial charge in [-0.05, 0) is 12.0 Å². The van der Waals surface area contributed by atoms with Crippen molar-refractivity contribution in [2.24, 2.45) is 5.92 Å². The van der Waals surface area contributed by atoms with Crippen molar-refractivity contribution in [1.82, 2.24) is 4.90 Å². The topological polar surface area (TPSA) is 29.5 Å². The molecule has 3 heteroatoms. The number of carbonyl (C=O) groups is 1. The van der Waals surface area contributed by atoms with Crippen LogP contribution >= 0.6 is 0 Å². The van der Waals surface area contributed by atoms with Crippen LogP contribution in [0.4, 0.5) is 0 Å². The standard InChI is InChI=1S/C15H21NO2/c1-11(2)10-15(17)16(3)13-8-9-18-14-7-5-4-6-12(13)14/h4-7,11,13H,8-10H2,1-3H3. The second kappa shape index (κ2) is 5.42. The lowest BCUT2D eigenvalue weighted by molar-refractivity contribution is -0.133. The average molecular weight is 247 g/mol. The minimum atomic E-state index is 0.154. The SMILES string of the molecule is CC(C)CC(=O)N(C)C1CCOc2ccccc21. The van der Waals surface area contributed by atoms with Gasteiger partial charge in [0.1, 0.15) is 5.75 Å². The van der Waals surface area contributed by atoms with Gasteiger partial charge in [-0.2, -0.15) is 0 Å². The third kappa shape index (κ3) is 2.66. The highest BCUT2D eigenvalue weighted by molar-refractivity contribution is 5.76. The second-order valence-electron chi connectivity index (χ2n) is 5.29. The Morgan fingerprint density at radius 1 is 1.44 bits per heavy atom. The van der Waals surface area contributed by atoms with Crippen LogP contribution in [0.2, 0.25) is 0 Å². The van der Waals surface area contributed by atoms with Gasteiger partial charge < -0.3 is 9.64 Å². The van der Waals surface area contributed by atoms with Gasteiger partial charge in [0.05, 0.1) is 12.6 Å². The molecule has 0 bridgehead atoms. The molecule has 0 aromatic heterocycles. The van der Waals surface area contributed by atoms with Gasteiger partial charge in [-0.15, -0.1) is 0 Å². The van der Waals surface area contributed by atoms with E-state index in [1.165, 1.54) is 0 Å². The van der Waals surface area contributed by atoms with Gasteiger partial charge in [0.2, 0.25) is 5.91 Å². The highest BCUT2D eigenvalue weighted by Crippen LogP contribution is 2.35. The maximum atomic E-state index is 12.1. The smallest absolute Gasteiger partial charge is 0.223 e. The number of rotatable bonds is 3. The quantitative estimate of drug-likeness (QED) is 0.821. The number of ether oxygens (including phenoxy) is 1. The molecule has 0 saturated carbocycles. The van der Waals surface area contributed by atoms with Crippen LogP contribution in [0.1, 0.15) is 38.3 Å². The first kappa shape index (κ1) is 12.9. The fourth-order valence-corrected chi connectivity index (χ4v) is 2.39. The van der Waals surface area contributed by atoms with E-state index in [1.807, 2.05) is 30.1 Å². The van der Waals surface area contributed by atoms with Gasteiger partial charge in [-0.3, -0.25) is 4.79 Å². The Morgan fingerprint density at radius 2 is 2.17 bits per heavy atom. The summed E-state index contributed by atoms with van der Waals surface area (Å²) in [4.78, 5) is 14.0. The molecule has 18 heavy (non-hydrogen) atoms. The van der Waals surface area contributed by atoms with Crippen molar-refractivity contribution in [2.45, 2.75) is 32.7 Å². The monoisotopic (exact) mass is 247 g/mol. The van der Waals surface area contributed by atoms with Gasteiger partial charge >= 0.3 is 0 Å². The van der Waals surface area contributed by atoms with E-state index in [2.05, 4.69) is 19.9 Å². The summed E-state index contributed by atoms with van der Waals surface area (Å²) in [6, 6.07) is 8.15. The van der Waals surface area contributed by atoms with E-state index >= 15 is 0 Å². The Labute approximate surface area is 109 Å². The molecule has 0 aliphatic carbocycles. The largest absolute Gasteiger partial charge is 0.493 e. The van der Waals surface area contributed by atoms with E-state index in [1.54, 1.807) is 0 Å². The molecule has 0 N–H and O–H groups in total. The highest BCUT2D eigenvalue weighted by atomic mass is 16.5. The molecule has 1 amide bonds. The Morgan fingerprint density at radius 3 is 2.89 bits per heavy atom. The molecule has 1 unspecified atom stereocenters. The summed E-state index contributed by atoms with van der Waals surface area (Å²) in [7, 11) is 1.90. The maximum absolute atomic E-state index is 12.1. The molecule has 1 aliphatic rings. The minimum Gasteiger partial charge on any atom is -0.493 e. The van der Waals surface area contributed by atoms with Crippen LogP contribution in [0.15, 0.2) is 24.3 Å². The molecule has 98 valence electrons. The number of carbonyl (C=O) groups excluding carboxylic acids is 1. The fraction of sp³-hybridized carbons (Fsp3) is 0.533. The first-order valence-electron chi connectivity index (χ1n) is 6.57. The predicted octanol–water partition coefficient (Wildman–Crippen LogP) is 3.01. The number of nitrogens with zero attached hydrogens (tertiary/aromatic N) is 1. The zero-order valence-corrected chi connectivity index (χ0v) is 11.3. The molecule has 2 rings (SSSR count). The van der Waals surface area contributed by atoms with Crippen LogP contribution in [0, 0.1) is 5.92 Å². The van der Waals surface area contributed by atoms with Crippen molar-refractivity contribution in [3.05, 3.63) is 29.8 Å². The zero-order valence-electron chi connectivity index (χ0n) is 11.3. The Balaban J connectivity index is 2.17. The average Bonchev–Trinajstić information content (AvgIpc) is 2.36. The van der Waals surface area contributed by atoms with Crippen LogP contribution in [0.5, 0.6) is 5.75 Å². The van der Waals surface area contributed by atoms with Gasteiger partial charge in [0.15, 0.2) is 0 Å². The molecular weight excluding hydrogens is 226 g/mol. The molecule has 1 aliphatic heterocycles. The fourth-order valence-electron chi connectivity index (χ4n) is 2.39. The molecule has 3 nitrogen and oxygen atoms in total. The Hall–Kier alpha value is -1.51. The lowest BCUT2D eigenvalue weighted by Gasteiger charge is -2.33. The number of hydrogen-bond acceptors (Lipinski definition) is 2.